The molecule has 1 aromatic carbocycles. The third-order valence-electron chi connectivity index (χ3n) is 5.66. The Morgan fingerprint density at radius 1 is 1.10 bits per heavy atom. The molecule has 158 valence electrons. The topological polar surface area (TPSA) is 73.8 Å². The van der Waals surface area contributed by atoms with Crippen LogP contribution in [0.15, 0.2) is 36.5 Å². The highest BCUT2D eigenvalue weighted by atomic mass is 19.1. The van der Waals surface area contributed by atoms with Gasteiger partial charge in [-0.05, 0) is 54.3 Å². The van der Waals surface area contributed by atoms with Crippen molar-refractivity contribution >= 4 is 5.69 Å². The van der Waals surface area contributed by atoms with E-state index >= 15 is 4.39 Å². The molecule has 1 unspecified atom stereocenters. The van der Waals surface area contributed by atoms with E-state index in [-0.39, 0.29) is 11.9 Å². The molecule has 1 aliphatic rings. The molecule has 3 heterocycles. The van der Waals surface area contributed by atoms with Crippen molar-refractivity contribution in [1.29, 1.82) is 0 Å². The smallest absolute Gasteiger partial charge is 0.209 e. The van der Waals surface area contributed by atoms with Gasteiger partial charge in [-0.15, -0.1) is 10.2 Å². The molecule has 0 spiro atoms. The maximum absolute atomic E-state index is 15.1. The summed E-state index contributed by atoms with van der Waals surface area (Å²) in [6, 6.07) is 9.97. The van der Waals surface area contributed by atoms with Crippen molar-refractivity contribution in [3.63, 3.8) is 0 Å². The van der Waals surface area contributed by atoms with Crippen LogP contribution in [0, 0.1) is 11.7 Å². The van der Waals surface area contributed by atoms with E-state index in [2.05, 4.69) is 68.3 Å². The Hall–Kier alpha value is -2.87. The zero-order valence-electron chi connectivity index (χ0n) is 17.7. The van der Waals surface area contributed by atoms with Crippen LogP contribution in [0.4, 0.5) is 10.1 Å². The monoisotopic (exact) mass is 409 g/mol. The molecule has 0 radical (unpaired) electrons. The van der Waals surface area contributed by atoms with Gasteiger partial charge in [0.2, 0.25) is 5.82 Å². The minimum absolute atomic E-state index is 0.244. The Bertz CT molecular complexity index is 951. The van der Waals surface area contributed by atoms with E-state index in [9.17, 15) is 0 Å². The number of anilines is 1. The van der Waals surface area contributed by atoms with Crippen molar-refractivity contribution < 1.29 is 4.39 Å². The van der Waals surface area contributed by atoms with Crippen LogP contribution in [0.2, 0.25) is 0 Å². The molecule has 7 nitrogen and oxygen atoms in total. The van der Waals surface area contributed by atoms with E-state index in [0.717, 1.165) is 49.5 Å². The summed E-state index contributed by atoms with van der Waals surface area (Å²) in [6.45, 7) is 9.81. The highest BCUT2D eigenvalue weighted by Gasteiger charge is 2.27. The summed E-state index contributed by atoms with van der Waals surface area (Å²) >= 11 is 0. The number of rotatable bonds is 6. The molecule has 0 bridgehead atoms. The van der Waals surface area contributed by atoms with Gasteiger partial charge in [0, 0.05) is 38.4 Å². The van der Waals surface area contributed by atoms with Crippen LogP contribution < -0.4 is 4.90 Å². The SMILES string of the molecule is CC(C)Cc1cc(F)c(-c2nn[nH]n2)c(N2CCN(C(C)c3ccccn3)CC2)c1. The lowest BCUT2D eigenvalue weighted by atomic mass is 9.98. The number of hydrogen-bond donors (Lipinski definition) is 1. The number of benzene rings is 1. The zero-order valence-corrected chi connectivity index (χ0v) is 17.7. The Kier molecular flexibility index (Phi) is 6.03. The average molecular weight is 410 g/mol. The van der Waals surface area contributed by atoms with Crippen LogP contribution in [-0.2, 0) is 6.42 Å². The number of halogens is 1. The van der Waals surface area contributed by atoms with Crippen LogP contribution in [-0.4, -0.2) is 56.7 Å². The molecule has 1 aliphatic heterocycles. The number of tetrazole rings is 1. The normalized spacial score (nSPS) is 16.2. The van der Waals surface area contributed by atoms with Gasteiger partial charge in [-0.25, -0.2) is 4.39 Å². The lowest BCUT2D eigenvalue weighted by molar-refractivity contribution is 0.195. The first-order valence-electron chi connectivity index (χ1n) is 10.5. The predicted octanol–water partition coefficient (Wildman–Crippen LogP) is 3.48. The average Bonchev–Trinajstić information content (AvgIpc) is 3.27. The van der Waals surface area contributed by atoms with Crippen LogP contribution >= 0.6 is 0 Å². The molecular weight excluding hydrogens is 381 g/mol. The van der Waals surface area contributed by atoms with E-state index in [1.807, 2.05) is 18.3 Å². The first-order valence-corrected chi connectivity index (χ1v) is 10.5. The molecule has 1 N–H and O–H groups in total. The standard InChI is InChI=1S/C22H28FN7/c1-15(2)12-17-13-18(23)21(22-25-27-28-26-22)20(14-17)30-10-8-29(9-11-30)16(3)19-6-4-5-7-24-19/h4-7,13-16H,8-12H2,1-3H3,(H,25,26,27,28). The number of piperazine rings is 1. The van der Waals surface area contributed by atoms with Gasteiger partial charge >= 0.3 is 0 Å². The number of hydrogen-bond acceptors (Lipinski definition) is 6. The van der Waals surface area contributed by atoms with Gasteiger partial charge in [0.15, 0.2) is 0 Å². The van der Waals surface area contributed by atoms with Gasteiger partial charge in [0.25, 0.3) is 0 Å². The van der Waals surface area contributed by atoms with Gasteiger partial charge in [0.1, 0.15) is 5.82 Å². The Morgan fingerprint density at radius 2 is 1.90 bits per heavy atom. The highest BCUT2D eigenvalue weighted by Crippen LogP contribution is 2.34. The summed E-state index contributed by atoms with van der Waals surface area (Å²) in [7, 11) is 0. The van der Waals surface area contributed by atoms with Crippen molar-refractivity contribution in [3.05, 3.63) is 53.6 Å². The summed E-state index contributed by atoms with van der Waals surface area (Å²) in [4.78, 5) is 9.15. The number of aromatic amines is 1. The fourth-order valence-electron chi connectivity index (χ4n) is 4.13. The molecule has 4 rings (SSSR count). The minimum Gasteiger partial charge on any atom is -0.368 e. The molecular formula is C22H28FN7. The third-order valence-corrected chi connectivity index (χ3v) is 5.66. The van der Waals surface area contributed by atoms with Gasteiger partial charge in [-0.3, -0.25) is 9.88 Å². The quantitative estimate of drug-likeness (QED) is 0.672. The highest BCUT2D eigenvalue weighted by molar-refractivity contribution is 5.75. The number of H-pyrrole nitrogens is 1. The van der Waals surface area contributed by atoms with Gasteiger partial charge in [0.05, 0.1) is 16.9 Å². The van der Waals surface area contributed by atoms with E-state index in [4.69, 9.17) is 0 Å². The second kappa shape index (κ2) is 8.87. The summed E-state index contributed by atoms with van der Waals surface area (Å²) in [5, 5.41) is 14.2. The maximum Gasteiger partial charge on any atom is 0.209 e. The molecule has 3 aromatic rings. The largest absolute Gasteiger partial charge is 0.368 e. The first-order chi connectivity index (χ1) is 14.5. The van der Waals surface area contributed by atoms with Crippen LogP contribution in [0.1, 0.15) is 38.1 Å². The molecule has 8 heteroatoms. The number of aromatic nitrogens is 5. The number of nitrogens with one attached hydrogen (secondary N) is 1. The minimum atomic E-state index is -0.297. The van der Waals surface area contributed by atoms with Gasteiger partial charge < -0.3 is 4.90 Å². The summed E-state index contributed by atoms with van der Waals surface area (Å²) < 4.78 is 15.1. The van der Waals surface area contributed by atoms with Crippen molar-refractivity contribution in [2.24, 2.45) is 5.92 Å². The van der Waals surface area contributed by atoms with Gasteiger partial charge in [-0.1, -0.05) is 19.9 Å². The van der Waals surface area contributed by atoms with E-state index < -0.39 is 0 Å². The lowest BCUT2D eigenvalue weighted by Gasteiger charge is -2.39. The Morgan fingerprint density at radius 3 is 2.53 bits per heavy atom. The van der Waals surface area contributed by atoms with Crippen molar-refractivity contribution in [1.82, 2.24) is 30.5 Å². The molecule has 0 aliphatic carbocycles. The Labute approximate surface area is 176 Å². The fourth-order valence-corrected chi connectivity index (χ4v) is 4.13. The molecule has 1 atom stereocenters. The molecule has 2 aromatic heterocycles. The second-order valence-electron chi connectivity index (χ2n) is 8.26. The lowest BCUT2D eigenvalue weighted by Crippen LogP contribution is -2.47. The van der Waals surface area contributed by atoms with E-state index in [0.29, 0.717) is 17.3 Å². The summed E-state index contributed by atoms with van der Waals surface area (Å²) in [5.74, 6) is 0.445. The second-order valence-corrected chi connectivity index (χ2v) is 8.26. The van der Waals surface area contributed by atoms with Gasteiger partial charge in [-0.2, -0.15) is 5.21 Å². The van der Waals surface area contributed by atoms with Crippen LogP contribution in [0.25, 0.3) is 11.4 Å². The fraction of sp³-hybridized carbons (Fsp3) is 0.455. The molecule has 30 heavy (non-hydrogen) atoms. The Balaban J connectivity index is 1.58. The number of pyridine rings is 1. The maximum atomic E-state index is 15.1. The molecule has 0 saturated carbocycles. The van der Waals surface area contributed by atoms with Crippen molar-refractivity contribution in [2.75, 3.05) is 31.1 Å². The first kappa shape index (κ1) is 20.4. The molecule has 0 amide bonds. The third kappa shape index (κ3) is 4.33. The summed E-state index contributed by atoms with van der Waals surface area (Å²) in [6.07, 6.45) is 2.66. The van der Waals surface area contributed by atoms with Crippen LogP contribution in [0.5, 0.6) is 0 Å². The predicted molar refractivity (Wildman–Crippen MR) is 115 cm³/mol. The molecule has 1 saturated heterocycles. The zero-order chi connectivity index (χ0) is 21.1. The number of nitrogens with zero attached hydrogens (tertiary/aromatic N) is 6. The van der Waals surface area contributed by atoms with Crippen molar-refractivity contribution in [3.8, 4) is 11.4 Å². The van der Waals surface area contributed by atoms with E-state index in [1.165, 1.54) is 0 Å². The van der Waals surface area contributed by atoms with E-state index in [1.54, 1.807) is 6.07 Å². The summed E-state index contributed by atoms with van der Waals surface area (Å²) in [5.41, 5.74) is 3.33. The molecule has 1 fully saturated rings. The van der Waals surface area contributed by atoms with Crippen molar-refractivity contribution in [2.45, 2.75) is 33.2 Å². The van der Waals surface area contributed by atoms with Crippen LogP contribution in [0.3, 0.4) is 0 Å².